The number of hydrogen-bond acceptors (Lipinski definition) is 5. The maximum Gasteiger partial charge on any atom is 0.321 e. The van der Waals surface area contributed by atoms with Crippen LogP contribution in [0.2, 0.25) is 0 Å². The lowest BCUT2D eigenvalue weighted by Crippen LogP contribution is -2.31. The average Bonchev–Trinajstić information content (AvgIpc) is 2.62. The van der Waals surface area contributed by atoms with Gasteiger partial charge in [0.2, 0.25) is 15.8 Å². The van der Waals surface area contributed by atoms with Crippen molar-refractivity contribution < 1.29 is 22.7 Å². The van der Waals surface area contributed by atoms with Gasteiger partial charge >= 0.3 is 5.97 Å². The zero-order chi connectivity index (χ0) is 19.3. The molecule has 0 unspecified atom stereocenters. The van der Waals surface area contributed by atoms with E-state index < -0.39 is 29.1 Å². The van der Waals surface area contributed by atoms with Gasteiger partial charge in [-0.25, -0.2) is 8.42 Å². The summed E-state index contributed by atoms with van der Waals surface area (Å²) in [6.45, 7) is 4.69. The zero-order valence-corrected chi connectivity index (χ0v) is 15.7. The highest BCUT2D eigenvalue weighted by Gasteiger charge is 2.17. The summed E-state index contributed by atoms with van der Waals surface area (Å²) in [6, 6.07) is 11.3. The lowest BCUT2D eigenvalue weighted by atomic mass is 9.98. The van der Waals surface area contributed by atoms with Gasteiger partial charge in [0, 0.05) is 5.56 Å². The Balaban J connectivity index is 1.91. The molecule has 7 heteroatoms. The molecule has 6 nitrogen and oxygen atoms in total. The van der Waals surface area contributed by atoms with Gasteiger partial charge in [-0.3, -0.25) is 9.59 Å². The summed E-state index contributed by atoms with van der Waals surface area (Å²) in [7, 11) is -3.80. The van der Waals surface area contributed by atoms with Crippen LogP contribution in [0, 0.1) is 20.8 Å². The summed E-state index contributed by atoms with van der Waals surface area (Å²) in [5.74, 6) is -1.15. The number of nitrogens with one attached hydrogen (secondary N) is 1. The molecule has 2 rings (SSSR count). The number of ketones is 1. The molecule has 0 fully saturated rings. The van der Waals surface area contributed by atoms with Gasteiger partial charge < -0.3 is 4.74 Å². The molecule has 26 heavy (non-hydrogen) atoms. The van der Waals surface area contributed by atoms with E-state index in [4.69, 9.17) is 4.74 Å². The van der Waals surface area contributed by atoms with Crippen LogP contribution in [0.15, 0.2) is 47.4 Å². The van der Waals surface area contributed by atoms with Gasteiger partial charge in [0.05, 0.1) is 4.90 Å². The fourth-order valence-electron chi connectivity index (χ4n) is 2.37. The number of carbonyl (C=O) groups is 2. The molecule has 0 bridgehead atoms. The molecule has 0 saturated heterocycles. The van der Waals surface area contributed by atoms with Gasteiger partial charge in [-0.1, -0.05) is 24.3 Å². The topological polar surface area (TPSA) is 89.5 Å². The first-order valence-electron chi connectivity index (χ1n) is 8.02. The maximum atomic E-state index is 12.2. The number of benzene rings is 2. The largest absolute Gasteiger partial charge is 0.456 e. The van der Waals surface area contributed by atoms with E-state index in [1.54, 1.807) is 24.3 Å². The van der Waals surface area contributed by atoms with Crippen molar-refractivity contribution in [3.8, 4) is 0 Å². The van der Waals surface area contributed by atoms with Crippen LogP contribution >= 0.6 is 0 Å². The molecular formula is C19H21NO5S. The summed E-state index contributed by atoms with van der Waals surface area (Å²) in [4.78, 5) is 24.1. The Morgan fingerprint density at radius 1 is 0.962 bits per heavy atom. The molecule has 0 aliphatic heterocycles. The van der Waals surface area contributed by atoms with E-state index >= 15 is 0 Å². The number of aryl methyl sites for hydroxylation is 3. The van der Waals surface area contributed by atoms with Gasteiger partial charge in [0.25, 0.3) is 0 Å². The Labute approximate surface area is 153 Å². The predicted molar refractivity (Wildman–Crippen MR) is 97.6 cm³/mol. The van der Waals surface area contributed by atoms with Crippen LogP contribution in [-0.2, 0) is 19.6 Å². The van der Waals surface area contributed by atoms with Crippen LogP contribution in [-0.4, -0.2) is 33.3 Å². The van der Waals surface area contributed by atoms with Crippen LogP contribution in [0.4, 0.5) is 0 Å². The van der Waals surface area contributed by atoms with E-state index in [-0.39, 0.29) is 10.7 Å². The second-order valence-corrected chi connectivity index (χ2v) is 7.74. The van der Waals surface area contributed by atoms with Gasteiger partial charge in [-0.05, 0) is 55.7 Å². The minimum absolute atomic E-state index is 0.0506. The lowest BCUT2D eigenvalue weighted by Gasteiger charge is -2.10. The number of esters is 1. The highest BCUT2D eigenvalue weighted by Crippen LogP contribution is 2.16. The van der Waals surface area contributed by atoms with Crippen molar-refractivity contribution in [3.63, 3.8) is 0 Å². The van der Waals surface area contributed by atoms with E-state index in [0.29, 0.717) is 5.56 Å². The number of carbonyl (C=O) groups excluding carboxylic acids is 2. The second-order valence-electron chi connectivity index (χ2n) is 5.97. The van der Waals surface area contributed by atoms with E-state index in [9.17, 15) is 18.0 Å². The lowest BCUT2D eigenvalue weighted by molar-refractivity contribution is -0.141. The Bertz CT molecular complexity index is 920. The monoisotopic (exact) mass is 375 g/mol. The highest BCUT2D eigenvalue weighted by atomic mass is 32.2. The number of rotatable bonds is 7. The first-order chi connectivity index (χ1) is 12.2. The minimum atomic E-state index is -3.80. The molecular weight excluding hydrogens is 354 g/mol. The van der Waals surface area contributed by atoms with E-state index in [1.807, 2.05) is 26.8 Å². The van der Waals surface area contributed by atoms with Crippen LogP contribution in [0.5, 0.6) is 0 Å². The summed E-state index contributed by atoms with van der Waals surface area (Å²) < 4.78 is 31.1. The predicted octanol–water partition coefficient (Wildman–Crippen LogP) is 2.32. The zero-order valence-electron chi connectivity index (χ0n) is 14.9. The summed E-state index contributed by atoms with van der Waals surface area (Å²) in [5.41, 5.74) is 3.34. The Kier molecular flexibility index (Phi) is 6.28. The van der Waals surface area contributed by atoms with Crippen LogP contribution in [0.25, 0.3) is 0 Å². The third-order valence-corrected chi connectivity index (χ3v) is 5.38. The Morgan fingerprint density at radius 2 is 1.58 bits per heavy atom. The van der Waals surface area contributed by atoms with Crippen molar-refractivity contribution in [2.24, 2.45) is 0 Å². The molecule has 0 spiro atoms. The van der Waals surface area contributed by atoms with E-state index in [2.05, 4.69) is 4.72 Å². The van der Waals surface area contributed by atoms with Crippen LogP contribution < -0.4 is 4.72 Å². The summed E-state index contributed by atoms with van der Waals surface area (Å²) in [5, 5.41) is 0. The average molecular weight is 375 g/mol. The molecule has 2 aromatic carbocycles. The third kappa shape index (κ3) is 5.00. The summed E-state index contributed by atoms with van der Waals surface area (Å²) >= 11 is 0. The first-order valence-corrected chi connectivity index (χ1v) is 9.50. The highest BCUT2D eigenvalue weighted by molar-refractivity contribution is 7.89. The molecule has 138 valence electrons. The quantitative estimate of drug-likeness (QED) is 0.592. The standard InChI is InChI=1S/C19H21NO5S/c1-13-9-15(3)17(10-14(13)2)18(21)12-25-19(22)11-20-26(23,24)16-7-5-4-6-8-16/h4-10,20H,11-12H2,1-3H3. The molecule has 0 saturated carbocycles. The van der Waals surface area contributed by atoms with Gasteiger partial charge in [0.1, 0.15) is 6.54 Å². The van der Waals surface area contributed by atoms with Crippen LogP contribution in [0.3, 0.4) is 0 Å². The van der Waals surface area contributed by atoms with Gasteiger partial charge in [0.15, 0.2) is 6.61 Å². The fraction of sp³-hybridized carbons (Fsp3) is 0.263. The molecule has 0 amide bonds. The smallest absolute Gasteiger partial charge is 0.321 e. The first kappa shape index (κ1) is 19.8. The van der Waals surface area contributed by atoms with Crippen molar-refractivity contribution in [2.45, 2.75) is 25.7 Å². The molecule has 0 heterocycles. The second kappa shape index (κ2) is 8.25. The van der Waals surface area contributed by atoms with Crippen LogP contribution in [0.1, 0.15) is 27.0 Å². The minimum Gasteiger partial charge on any atom is -0.456 e. The Hall–Kier alpha value is -2.51. The van der Waals surface area contributed by atoms with E-state index in [1.165, 1.54) is 12.1 Å². The van der Waals surface area contributed by atoms with Gasteiger partial charge in [-0.15, -0.1) is 0 Å². The maximum absolute atomic E-state index is 12.2. The fourth-order valence-corrected chi connectivity index (χ4v) is 3.36. The molecule has 0 atom stereocenters. The number of hydrogen-bond donors (Lipinski definition) is 1. The normalized spacial score (nSPS) is 11.2. The van der Waals surface area contributed by atoms with Crippen molar-refractivity contribution >= 4 is 21.8 Å². The summed E-state index contributed by atoms with van der Waals surface area (Å²) in [6.07, 6.45) is 0. The molecule has 0 aliphatic carbocycles. The molecule has 0 radical (unpaired) electrons. The van der Waals surface area contributed by atoms with Gasteiger partial charge in [-0.2, -0.15) is 4.72 Å². The van der Waals surface area contributed by atoms with Crippen molar-refractivity contribution in [2.75, 3.05) is 13.2 Å². The number of sulfonamides is 1. The SMILES string of the molecule is Cc1cc(C)c(C(=O)COC(=O)CNS(=O)(=O)c2ccccc2)cc1C. The van der Waals surface area contributed by atoms with Crippen molar-refractivity contribution in [1.29, 1.82) is 0 Å². The third-order valence-electron chi connectivity index (χ3n) is 3.97. The number of ether oxygens (including phenoxy) is 1. The molecule has 0 aliphatic rings. The molecule has 0 aromatic heterocycles. The van der Waals surface area contributed by atoms with E-state index in [0.717, 1.165) is 16.7 Å². The van der Waals surface area contributed by atoms with Crippen molar-refractivity contribution in [1.82, 2.24) is 4.72 Å². The molecule has 2 aromatic rings. The Morgan fingerprint density at radius 3 is 2.23 bits per heavy atom. The molecule has 1 N–H and O–H groups in total. The number of Topliss-reactive ketones (excluding diaryl/α,β-unsaturated/α-hetero) is 1. The van der Waals surface area contributed by atoms with Crippen molar-refractivity contribution in [3.05, 3.63) is 64.7 Å².